The quantitative estimate of drug-likeness (QED) is 0.746. The van der Waals surface area contributed by atoms with Crippen LogP contribution in [-0.4, -0.2) is 50.8 Å². The highest BCUT2D eigenvalue weighted by molar-refractivity contribution is 5.87. The molecule has 3 fully saturated rings. The van der Waals surface area contributed by atoms with E-state index in [1.807, 2.05) is 47.0 Å². The van der Waals surface area contributed by atoms with Gasteiger partial charge in [0, 0.05) is 32.9 Å². The van der Waals surface area contributed by atoms with E-state index in [-0.39, 0.29) is 17.9 Å². The van der Waals surface area contributed by atoms with Crippen molar-refractivity contribution in [3.8, 4) is 0 Å². The number of nitrogens with zero attached hydrogens (tertiary/aromatic N) is 4. The van der Waals surface area contributed by atoms with Crippen LogP contribution in [0.4, 0.5) is 0 Å². The van der Waals surface area contributed by atoms with Crippen LogP contribution in [-0.2, 0) is 23.1 Å². The molecule has 1 saturated carbocycles. The van der Waals surface area contributed by atoms with Crippen LogP contribution in [0.15, 0.2) is 36.8 Å². The number of aromatic nitrogens is 2. The summed E-state index contributed by atoms with van der Waals surface area (Å²) in [5.41, 5.74) is 2.63. The van der Waals surface area contributed by atoms with Crippen molar-refractivity contribution in [1.29, 1.82) is 0 Å². The van der Waals surface area contributed by atoms with Gasteiger partial charge in [-0.25, -0.2) is 4.98 Å². The van der Waals surface area contributed by atoms with Gasteiger partial charge in [0.2, 0.25) is 11.8 Å². The normalized spacial score (nSPS) is 26.1. The molecule has 3 aliphatic rings. The topological polar surface area (TPSA) is 58.4 Å². The number of aryl methyl sites for hydroxylation is 2. The molecule has 3 heterocycles. The van der Waals surface area contributed by atoms with Gasteiger partial charge in [0.15, 0.2) is 0 Å². The third kappa shape index (κ3) is 4.00. The number of carbonyl (C=O) groups is 2. The molecule has 1 aromatic carbocycles. The van der Waals surface area contributed by atoms with Gasteiger partial charge in [0.1, 0.15) is 0 Å². The van der Waals surface area contributed by atoms with Crippen molar-refractivity contribution < 1.29 is 9.59 Å². The van der Waals surface area contributed by atoms with E-state index >= 15 is 0 Å². The van der Waals surface area contributed by atoms with E-state index in [4.69, 9.17) is 0 Å². The van der Waals surface area contributed by atoms with Gasteiger partial charge in [0.05, 0.1) is 29.9 Å². The molecule has 0 radical (unpaired) electrons. The first kappa shape index (κ1) is 20.3. The zero-order valence-electron chi connectivity index (χ0n) is 18.6. The maximum Gasteiger partial charge on any atom is 0.230 e. The monoisotopic (exact) mass is 420 g/mol. The number of imidazole rings is 1. The van der Waals surface area contributed by atoms with E-state index in [0.29, 0.717) is 25.3 Å². The van der Waals surface area contributed by atoms with Crippen molar-refractivity contribution >= 4 is 11.8 Å². The number of hydrogen-bond donors (Lipinski definition) is 0. The maximum absolute atomic E-state index is 13.6. The summed E-state index contributed by atoms with van der Waals surface area (Å²) in [4.78, 5) is 35.7. The highest BCUT2D eigenvalue weighted by atomic mass is 16.2. The van der Waals surface area contributed by atoms with Crippen LogP contribution in [0.25, 0.3) is 0 Å². The van der Waals surface area contributed by atoms with Gasteiger partial charge >= 0.3 is 0 Å². The second-order valence-corrected chi connectivity index (χ2v) is 9.95. The second-order valence-electron chi connectivity index (χ2n) is 9.95. The lowest BCUT2D eigenvalue weighted by molar-refractivity contribution is -0.146. The van der Waals surface area contributed by atoms with Crippen LogP contribution in [0, 0.1) is 18.3 Å². The molecule has 1 spiro atoms. The van der Waals surface area contributed by atoms with Gasteiger partial charge in [0.25, 0.3) is 0 Å². The smallest absolute Gasteiger partial charge is 0.230 e. The summed E-state index contributed by atoms with van der Waals surface area (Å²) in [5.74, 6) is 1.03. The molecule has 2 atom stereocenters. The van der Waals surface area contributed by atoms with Crippen LogP contribution in [0.3, 0.4) is 0 Å². The molecule has 0 bridgehead atoms. The molecule has 1 aliphatic carbocycles. The lowest BCUT2D eigenvalue weighted by Gasteiger charge is -2.39. The number of likely N-dealkylation sites (tertiary alicyclic amines) is 2. The molecule has 0 unspecified atom stereocenters. The highest BCUT2D eigenvalue weighted by Crippen LogP contribution is 2.49. The average Bonchev–Trinajstić information content (AvgIpc) is 3.33. The van der Waals surface area contributed by atoms with Crippen molar-refractivity contribution in [2.24, 2.45) is 18.4 Å². The Kier molecular flexibility index (Phi) is 5.11. The first-order valence-electron chi connectivity index (χ1n) is 11.6. The molecule has 5 rings (SSSR count). The van der Waals surface area contributed by atoms with Gasteiger partial charge in [-0.3, -0.25) is 9.59 Å². The Labute approximate surface area is 184 Å². The summed E-state index contributed by atoms with van der Waals surface area (Å²) in [5, 5.41) is 0. The van der Waals surface area contributed by atoms with Crippen molar-refractivity contribution in [2.45, 2.75) is 51.5 Å². The van der Waals surface area contributed by atoms with Crippen LogP contribution in [0.5, 0.6) is 0 Å². The summed E-state index contributed by atoms with van der Waals surface area (Å²) in [6, 6.07) is 8.01. The molecule has 164 valence electrons. The van der Waals surface area contributed by atoms with E-state index in [1.165, 1.54) is 18.4 Å². The fraction of sp³-hybridized carbons (Fsp3) is 0.560. The van der Waals surface area contributed by atoms with Gasteiger partial charge in [-0.15, -0.1) is 0 Å². The Balaban J connectivity index is 1.41. The molecule has 1 aromatic heterocycles. The number of carbonyl (C=O) groups excluding carboxylic acids is 2. The number of rotatable bonds is 5. The molecule has 0 N–H and O–H groups in total. The average molecular weight is 421 g/mol. The lowest BCUT2D eigenvalue weighted by atomic mass is 9.76. The lowest BCUT2D eigenvalue weighted by Crippen LogP contribution is -2.51. The summed E-state index contributed by atoms with van der Waals surface area (Å²) in [6.07, 6.45) is 9.19. The molecule has 6 nitrogen and oxygen atoms in total. The summed E-state index contributed by atoms with van der Waals surface area (Å²) >= 11 is 0. The van der Waals surface area contributed by atoms with E-state index in [2.05, 4.69) is 16.8 Å². The molecule has 2 amide bonds. The van der Waals surface area contributed by atoms with Crippen LogP contribution < -0.4 is 0 Å². The summed E-state index contributed by atoms with van der Waals surface area (Å²) < 4.78 is 1.92. The molecular weight excluding hydrogens is 388 g/mol. The summed E-state index contributed by atoms with van der Waals surface area (Å²) in [6.45, 7) is 4.32. The maximum atomic E-state index is 13.6. The Morgan fingerprint density at radius 3 is 2.68 bits per heavy atom. The summed E-state index contributed by atoms with van der Waals surface area (Å²) in [7, 11) is 1.95. The van der Waals surface area contributed by atoms with E-state index < -0.39 is 5.41 Å². The fourth-order valence-corrected chi connectivity index (χ4v) is 5.37. The zero-order valence-corrected chi connectivity index (χ0v) is 18.6. The van der Waals surface area contributed by atoms with Crippen LogP contribution >= 0.6 is 0 Å². The van der Waals surface area contributed by atoms with Gasteiger partial charge in [-0.2, -0.15) is 0 Å². The predicted molar refractivity (Wildman–Crippen MR) is 118 cm³/mol. The molecule has 2 aromatic rings. The Hall–Kier alpha value is -2.63. The third-order valence-corrected chi connectivity index (χ3v) is 7.30. The van der Waals surface area contributed by atoms with Gasteiger partial charge < -0.3 is 14.4 Å². The minimum absolute atomic E-state index is 0.0866. The van der Waals surface area contributed by atoms with Crippen LogP contribution in [0.2, 0.25) is 0 Å². The second kappa shape index (κ2) is 7.81. The van der Waals surface area contributed by atoms with E-state index in [0.717, 1.165) is 37.2 Å². The van der Waals surface area contributed by atoms with E-state index in [1.54, 1.807) is 6.33 Å². The number of hydrogen-bond acceptors (Lipinski definition) is 3. The molecular formula is C25H32N4O2. The van der Waals surface area contributed by atoms with Crippen molar-refractivity contribution in [1.82, 2.24) is 19.4 Å². The van der Waals surface area contributed by atoms with E-state index in [9.17, 15) is 9.59 Å². The van der Waals surface area contributed by atoms with Crippen molar-refractivity contribution in [3.05, 3.63) is 53.6 Å². The third-order valence-electron chi connectivity index (χ3n) is 7.30. The standard InChI is InChI=1S/C25H32N4O2/c1-18-4-6-19(7-5-18)12-23(30)29-16-25(13-22(29)21-15-27(2)17-26-21)10-3-11-28(24(25)31)14-20-8-9-20/h4-7,15,17,20,22H,3,8-14,16H2,1-2H3/t22-,25-/m1/s1. The Morgan fingerprint density at radius 1 is 1.23 bits per heavy atom. The van der Waals surface area contributed by atoms with Gasteiger partial charge in [-0.1, -0.05) is 29.8 Å². The molecule has 2 aliphatic heterocycles. The fourth-order valence-electron chi connectivity index (χ4n) is 5.37. The Morgan fingerprint density at radius 2 is 2.00 bits per heavy atom. The minimum Gasteiger partial charge on any atom is -0.342 e. The SMILES string of the molecule is Cc1ccc(CC(=O)N2C[C@@]3(CCCN(CC4CC4)C3=O)C[C@@H]2c2cn(C)cn2)cc1. The largest absolute Gasteiger partial charge is 0.342 e. The Bertz CT molecular complexity index is 978. The highest BCUT2D eigenvalue weighted by Gasteiger charge is 2.54. The van der Waals surface area contributed by atoms with Crippen LogP contribution in [0.1, 0.15) is 55.0 Å². The van der Waals surface area contributed by atoms with Crippen molar-refractivity contribution in [2.75, 3.05) is 19.6 Å². The predicted octanol–water partition coefficient (Wildman–Crippen LogP) is 3.26. The zero-order chi connectivity index (χ0) is 21.6. The number of piperidine rings is 1. The number of amides is 2. The first-order chi connectivity index (χ1) is 14.9. The molecule has 31 heavy (non-hydrogen) atoms. The minimum atomic E-state index is -0.460. The van der Waals surface area contributed by atoms with Gasteiger partial charge in [-0.05, 0) is 50.5 Å². The first-order valence-corrected chi connectivity index (χ1v) is 11.6. The molecule has 6 heteroatoms. The molecule has 2 saturated heterocycles. The number of benzene rings is 1. The van der Waals surface area contributed by atoms with Crippen molar-refractivity contribution in [3.63, 3.8) is 0 Å².